The number of carboxylic acids is 1. The fourth-order valence-corrected chi connectivity index (χ4v) is 2.67. The van der Waals surface area contributed by atoms with Gasteiger partial charge < -0.3 is 5.11 Å². The van der Waals surface area contributed by atoms with Gasteiger partial charge in [-0.15, -0.1) is 0 Å². The summed E-state index contributed by atoms with van der Waals surface area (Å²) in [6.07, 6.45) is 0.0267. The predicted octanol–water partition coefficient (Wildman–Crippen LogP) is 3.65. The summed E-state index contributed by atoms with van der Waals surface area (Å²) < 4.78 is 0. The van der Waals surface area contributed by atoms with E-state index in [1.807, 2.05) is 37.3 Å². The first-order valence-electron chi connectivity index (χ1n) is 6.08. The number of aliphatic carboxylic acids is 1. The van der Waals surface area contributed by atoms with E-state index in [9.17, 15) is 4.79 Å². The summed E-state index contributed by atoms with van der Waals surface area (Å²) in [7, 11) is 0. The van der Waals surface area contributed by atoms with Crippen LogP contribution in [0.5, 0.6) is 0 Å². The first kappa shape index (κ1) is 14.2. The number of nitrogens with zero attached hydrogens (tertiary/aromatic N) is 1. The van der Waals surface area contributed by atoms with Crippen LogP contribution in [0.25, 0.3) is 0 Å². The molecule has 0 aliphatic heterocycles. The van der Waals surface area contributed by atoms with Crippen molar-refractivity contribution in [1.29, 1.82) is 5.26 Å². The molecule has 2 aromatic rings. The van der Waals surface area contributed by atoms with Crippen molar-refractivity contribution in [3.8, 4) is 6.07 Å². The van der Waals surface area contributed by atoms with Crippen LogP contribution < -0.4 is 0 Å². The highest BCUT2D eigenvalue weighted by Gasteiger charge is 2.05. The average molecular weight is 283 g/mol. The number of hydrogen-bond donors (Lipinski definition) is 1. The zero-order valence-corrected chi connectivity index (χ0v) is 11.8. The van der Waals surface area contributed by atoms with Crippen molar-refractivity contribution in [2.45, 2.75) is 23.1 Å². The Morgan fingerprint density at radius 2 is 1.95 bits per heavy atom. The molecule has 0 bridgehead atoms. The maximum Gasteiger partial charge on any atom is 0.307 e. The Hall–Kier alpha value is -2.25. The normalized spacial score (nSPS) is 10.0. The van der Waals surface area contributed by atoms with Crippen molar-refractivity contribution >= 4 is 17.7 Å². The molecular formula is C16H13NO2S. The lowest BCUT2D eigenvalue weighted by Gasteiger charge is -2.05. The maximum absolute atomic E-state index is 10.6. The van der Waals surface area contributed by atoms with Crippen LogP contribution in [0.15, 0.2) is 52.3 Å². The van der Waals surface area contributed by atoms with E-state index in [1.165, 1.54) is 11.8 Å². The van der Waals surface area contributed by atoms with Gasteiger partial charge in [0, 0.05) is 9.79 Å². The molecule has 0 heterocycles. The zero-order chi connectivity index (χ0) is 14.5. The van der Waals surface area contributed by atoms with Crippen LogP contribution in [-0.2, 0) is 11.2 Å². The third-order valence-corrected chi connectivity index (χ3v) is 3.85. The van der Waals surface area contributed by atoms with E-state index in [4.69, 9.17) is 10.4 Å². The van der Waals surface area contributed by atoms with Crippen molar-refractivity contribution < 1.29 is 9.90 Å². The lowest BCUT2D eigenvalue weighted by atomic mass is 10.1. The molecule has 2 aromatic carbocycles. The summed E-state index contributed by atoms with van der Waals surface area (Å²) >= 11 is 1.51. The van der Waals surface area contributed by atoms with Gasteiger partial charge in [-0.2, -0.15) is 5.26 Å². The minimum atomic E-state index is -0.837. The SMILES string of the molecule is Cc1ccc(Sc2ccc(CC(=O)O)cc2)c(C#N)c1. The van der Waals surface area contributed by atoms with Gasteiger partial charge in [0.15, 0.2) is 0 Å². The van der Waals surface area contributed by atoms with Crippen LogP contribution in [0.3, 0.4) is 0 Å². The van der Waals surface area contributed by atoms with Crippen LogP contribution in [0.2, 0.25) is 0 Å². The largest absolute Gasteiger partial charge is 0.481 e. The second-order valence-electron chi connectivity index (χ2n) is 4.43. The Bertz CT molecular complexity index is 672. The van der Waals surface area contributed by atoms with Gasteiger partial charge in [0.05, 0.1) is 12.0 Å². The van der Waals surface area contributed by atoms with Crippen LogP contribution in [-0.4, -0.2) is 11.1 Å². The molecule has 0 aliphatic carbocycles. The summed E-state index contributed by atoms with van der Waals surface area (Å²) in [4.78, 5) is 12.5. The average Bonchev–Trinajstić information content (AvgIpc) is 2.42. The molecule has 20 heavy (non-hydrogen) atoms. The van der Waals surface area contributed by atoms with Crippen molar-refractivity contribution in [1.82, 2.24) is 0 Å². The van der Waals surface area contributed by atoms with Gasteiger partial charge >= 0.3 is 5.97 Å². The van der Waals surface area contributed by atoms with E-state index < -0.39 is 5.97 Å². The smallest absolute Gasteiger partial charge is 0.307 e. The second-order valence-corrected chi connectivity index (χ2v) is 5.54. The molecule has 4 heteroatoms. The highest BCUT2D eigenvalue weighted by Crippen LogP contribution is 2.30. The quantitative estimate of drug-likeness (QED) is 0.930. The third kappa shape index (κ3) is 3.62. The number of nitriles is 1. The second kappa shape index (κ2) is 6.27. The lowest BCUT2D eigenvalue weighted by Crippen LogP contribution is -1.99. The molecule has 0 unspecified atom stereocenters. The van der Waals surface area contributed by atoms with Gasteiger partial charge in [0.2, 0.25) is 0 Å². The Labute approximate surface area is 121 Å². The molecule has 0 saturated heterocycles. The van der Waals surface area contributed by atoms with Gasteiger partial charge in [0.25, 0.3) is 0 Å². The van der Waals surface area contributed by atoms with Crippen molar-refractivity contribution in [3.63, 3.8) is 0 Å². The molecule has 2 rings (SSSR count). The highest BCUT2D eigenvalue weighted by molar-refractivity contribution is 7.99. The number of benzene rings is 2. The summed E-state index contributed by atoms with van der Waals surface area (Å²) in [5.41, 5.74) is 2.48. The molecule has 3 nitrogen and oxygen atoms in total. The van der Waals surface area contributed by atoms with Gasteiger partial charge in [-0.1, -0.05) is 30.0 Å². The lowest BCUT2D eigenvalue weighted by molar-refractivity contribution is -0.136. The van der Waals surface area contributed by atoms with E-state index in [2.05, 4.69) is 6.07 Å². The molecule has 0 fully saturated rings. The van der Waals surface area contributed by atoms with Crippen LogP contribution in [0.1, 0.15) is 16.7 Å². The minimum absolute atomic E-state index is 0.0267. The highest BCUT2D eigenvalue weighted by atomic mass is 32.2. The van der Waals surface area contributed by atoms with Crippen molar-refractivity contribution in [2.24, 2.45) is 0 Å². The van der Waals surface area contributed by atoms with E-state index >= 15 is 0 Å². The van der Waals surface area contributed by atoms with Crippen LogP contribution in [0.4, 0.5) is 0 Å². The topological polar surface area (TPSA) is 61.1 Å². The predicted molar refractivity (Wildman–Crippen MR) is 77.8 cm³/mol. The maximum atomic E-state index is 10.6. The van der Waals surface area contributed by atoms with Crippen LogP contribution in [0, 0.1) is 18.3 Å². The Morgan fingerprint density at radius 3 is 2.55 bits per heavy atom. The molecule has 0 spiro atoms. The van der Waals surface area contributed by atoms with Gasteiger partial charge in [-0.3, -0.25) is 4.79 Å². The molecule has 0 amide bonds. The van der Waals surface area contributed by atoms with E-state index in [1.54, 1.807) is 12.1 Å². The van der Waals surface area contributed by atoms with E-state index in [0.29, 0.717) is 5.56 Å². The fraction of sp³-hybridized carbons (Fsp3) is 0.125. The van der Waals surface area contributed by atoms with Crippen molar-refractivity contribution in [2.75, 3.05) is 0 Å². The number of hydrogen-bond acceptors (Lipinski definition) is 3. The standard InChI is InChI=1S/C16H13NO2S/c1-11-2-7-15(13(8-11)10-17)20-14-5-3-12(4-6-14)9-16(18)19/h2-8H,9H2,1H3,(H,18,19). The summed E-state index contributed by atoms with van der Waals surface area (Å²) in [5, 5.41) is 17.9. The van der Waals surface area contributed by atoms with Crippen LogP contribution >= 0.6 is 11.8 Å². The molecule has 0 aromatic heterocycles. The van der Waals surface area contributed by atoms with Gasteiger partial charge in [0.1, 0.15) is 6.07 Å². The zero-order valence-electron chi connectivity index (χ0n) is 11.0. The Morgan fingerprint density at radius 1 is 1.25 bits per heavy atom. The molecule has 0 saturated carbocycles. The summed E-state index contributed by atoms with van der Waals surface area (Å²) in [6, 6.07) is 15.3. The first-order chi connectivity index (χ1) is 9.58. The number of aryl methyl sites for hydroxylation is 1. The molecule has 0 radical (unpaired) electrons. The van der Waals surface area contributed by atoms with E-state index in [-0.39, 0.29) is 6.42 Å². The fourth-order valence-electron chi connectivity index (χ4n) is 1.80. The number of rotatable bonds is 4. The molecule has 1 N–H and O–H groups in total. The van der Waals surface area contributed by atoms with Crippen molar-refractivity contribution in [3.05, 3.63) is 59.2 Å². The first-order valence-corrected chi connectivity index (χ1v) is 6.89. The molecule has 0 aliphatic rings. The molecule has 100 valence electrons. The Balaban J connectivity index is 2.18. The van der Waals surface area contributed by atoms with E-state index in [0.717, 1.165) is 20.9 Å². The van der Waals surface area contributed by atoms with Gasteiger partial charge in [-0.25, -0.2) is 0 Å². The number of carbonyl (C=O) groups is 1. The monoisotopic (exact) mass is 283 g/mol. The number of carboxylic acid groups (broad SMARTS) is 1. The Kier molecular flexibility index (Phi) is 4.44. The summed E-state index contributed by atoms with van der Waals surface area (Å²) in [6.45, 7) is 1.95. The molecular weight excluding hydrogens is 270 g/mol. The third-order valence-electron chi connectivity index (χ3n) is 2.76. The summed E-state index contributed by atoms with van der Waals surface area (Å²) in [5.74, 6) is -0.837. The van der Waals surface area contributed by atoms with Gasteiger partial charge in [-0.05, 0) is 42.3 Å². The molecule has 0 atom stereocenters. The minimum Gasteiger partial charge on any atom is -0.481 e.